The second-order valence-electron chi connectivity index (χ2n) is 9.21. The number of nitrogens with two attached hydrogens (primary N) is 1. The summed E-state index contributed by atoms with van der Waals surface area (Å²) < 4.78 is 29.6. The number of piperidine rings is 1. The Hall–Kier alpha value is -1.31. The van der Waals surface area contributed by atoms with Gasteiger partial charge in [-0.25, -0.2) is 8.42 Å². The van der Waals surface area contributed by atoms with Gasteiger partial charge in [0.1, 0.15) is 5.75 Å². The monoisotopic (exact) mass is 423 g/mol. The first-order valence-corrected chi connectivity index (χ1v) is 12.7. The van der Waals surface area contributed by atoms with E-state index in [2.05, 4.69) is 47.9 Å². The van der Waals surface area contributed by atoms with Crippen LogP contribution < -0.4 is 15.4 Å². The molecule has 3 aliphatic rings. The van der Waals surface area contributed by atoms with Crippen LogP contribution in [0.5, 0.6) is 5.75 Å². The van der Waals surface area contributed by atoms with E-state index in [-0.39, 0.29) is 23.5 Å². The van der Waals surface area contributed by atoms with Crippen LogP contribution in [0, 0.1) is 11.3 Å². The van der Waals surface area contributed by atoms with E-state index in [1.54, 1.807) is 0 Å². The maximum absolute atomic E-state index is 12.0. The molecule has 1 aromatic rings. The van der Waals surface area contributed by atoms with Crippen LogP contribution in [0.15, 0.2) is 24.3 Å². The van der Waals surface area contributed by atoms with Gasteiger partial charge in [0.05, 0.1) is 18.1 Å². The lowest BCUT2D eigenvalue weighted by atomic mass is 9.73. The third-order valence-electron chi connectivity index (χ3n) is 6.33. The SMILES string of the molecule is CCOc1ccc(N2CC3CN(CCCS(=O)(=O)CCN)C[C@@H]2C(C)(C)C3)cc1. The Morgan fingerprint density at radius 3 is 2.52 bits per heavy atom. The van der Waals surface area contributed by atoms with Gasteiger partial charge in [0.15, 0.2) is 9.84 Å². The molecule has 0 radical (unpaired) electrons. The van der Waals surface area contributed by atoms with Crippen LogP contribution in [0.1, 0.15) is 33.6 Å². The van der Waals surface area contributed by atoms with Crippen LogP contribution in [0.3, 0.4) is 0 Å². The van der Waals surface area contributed by atoms with E-state index in [9.17, 15) is 8.42 Å². The zero-order valence-corrected chi connectivity index (χ0v) is 19.0. The van der Waals surface area contributed by atoms with Crippen molar-refractivity contribution in [1.82, 2.24) is 4.90 Å². The highest BCUT2D eigenvalue weighted by Crippen LogP contribution is 2.43. The van der Waals surface area contributed by atoms with Gasteiger partial charge in [0.25, 0.3) is 0 Å². The third kappa shape index (κ3) is 5.64. The van der Waals surface area contributed by atoms with Crippen LogP contribution in [-0.2, 0) is 9.84 Å². The van der Waals surface area contributed by atoms with Crippen LogP contribution in [0.4, 0.5) is 5.69 Å². The molecule has 2 bridgehead atoms. The smallest absolute Gasteiger partial charge is 0.151 e. The van der Waals surface area contributed by atoms with Gasteiger partial charge in [-0.3, -0.25) is 0 Å². The highest BCUT2D eigenvalue weighted by Gasteiger charge is 2.45. The highest BCUT2D eigenvalue weighted by molar-refractivity contribution is 7.91. The molecular weight excluding hydrogens is 386 g/mol. The molecule has 3 aliphatic heterocycles. The van der Waals surface area contributed by atoms with Crippen LogP contribution >= 0.6 is 0 Å². The van der Waals surface area contributed by atoms with Crippen molar-refractivity contribution in [3.05, 3.63) is 24.3 Å². The molecule has 7 heteroatoms. The van der Waals surface area contributed by atoms with Gasteiger partial charge in [0, 0.05) is 37.9 Å². The summed E-state index contributed by atoms with van der Waals surface area (Å²) >= 11 is 0. The number of hydrogen-bond donors (Lipinski definition) is 1. The van der Waals surface area contributed by atoms with E-state index in [0.29, 0.717) is 25.0 Å². The van der Waals surface area contributed by atoms with Gasteiger partial charge < -0.3 is 20.3 Å². The fourth-order valence-corrected chi connectivity index (χ4v) is 6.21. The minimum atomic E-state index is -3.01. The predicted octanol–water partition coefficient (Wildman–Crippen LogP) is 2.39. The van der Waals surface area contributed by atoms with Crippen molar-refractivity contribution in [1.29, 1.82) is 0 Å². The summed E-state index contributed by atoms with van der Waals surface area (Å²) in [6.07, 6.45) is 1.90. The molecule has 0 saturated carbocycles. The first-order valence-electron chi connectivity index (χ1n) is 10.9. The lowest BCUT2D eigenvalue weighted by Crippen LogP contribution is -2.53. The molecule has 0 aromatic heterocycles. The van der Waals surface area contributed by atoms with E-state index < -0.39 is 9.84 Å². The number of benzene rings is 1. The topological polar surface area (TPSA) is 75.9 Å². The molecule has 1 aromatic carbocycles. The van der Waals surface area contributed by atoms with Gasteiger partial charge in [-0.15, -0.1) is 0 Å². The maximum Gasteiger partial charge on any atom is 0.151 e. The number of fused-ring (bicyclic) bond motifs is 4. The Morgan fingerprint density at radius 2 is 1.86 bits per heavy atom. The molecule has 4 rings (SSSR count). The Morgan fingerprint density at radius 1 is 1.14 bits per heavy atom. The quantitative estimate of drug-likeness (QED) is 0.657. The lowest BCUT2D eigenvalue weighted by Gasteiger charge is -2.48. The molecule has 3 fully saturated rings. The van der Waals surface area contributed by atoms with E-state index in [1.165, 1.54) is 12.1 Å². The van der Waals surface area contributed by atoms with Crippen molar-refractivity contribution in [2.45, 2.75) is 39.7 Å². The van der Waals surface area contributed by atoms with Crippen LogP contribution in [-0.4, -0.2) is 70.2 Å². The molecule has 0 amide bonds. The zero-order chi connectivity index (χ0) is 21.1. The summed E-state index contributed by atoms with van der Waals surface area (Å²) in [7, 11) is -3.01. The summed E-state index contributed by atoms with van der Waals surface area (Å²) in [5.74, 6) is 1.84. The molecule has 6 nitrogen and oxygen atoms in total. The molecule has 2 atom stereocenters. The van der Waals surface area contributed by atoms with Gasteiger partial charge in [-0.1, -0.05) is 13.8 Å². The molecule has 0 spiro atoms. The second-order valence-corrected chi connectivity index (χ2v) is 11.5. The number of anilines is 1. The fourth-order valence-electron chi connectivity index (χ4n) is 5.08. The lowest BCUT2D eigenvalue weighted by molar-refractivity contribution is 0.190. The summed E-state index contributed by atoms with van der Waals surface area (Å²) in [6, 6.07) is 8.88. The first-order chi connectivity index (χ1) is 13.7. The van der Waals surface area contributed by atoms with Crippen molar-refractivity contribution in [3.8, 4) is 5.75 Å². The normalized spacial score (nSPS) is 24.5. The minimum absolute atomic E-state index is 0.0940. The van der Waals surface area contributed by atoms with E-state index in [1.807, 2.05) is 6.92 Å². The zero-order valence-electron chi connectivity index (χ0n) is 18.1. The minimum Gasteiger partial charge on any atom is -0.494 e. The Kier molecular flexibility index (Phi) is 7.12. The van der Waals surface area contributed by atoms with Gasteiger partial charge >= 0.3 is 0 Å². The molecule has 1 unspecified atom stereocenters. The second kappa shape index (κ2) is 9.23. The number of sulfone groups is 1. The van der Waals surface area contributed by atoms with Gasteiger partial charge in [0.2, 0.25) is 0 Å². The summed E-state index contributed by atoms with van der Waals surface area (Å²) in [5, 5.41) is 0. The van der Waals surface area contributed by atoms with Crippen molar-refractivity contribution >= 4 is 15.5 Å². The number of nitrogens with zero attached hydrogens (tertiary/aromatic N) is 2. The predicted molar refractivity (Wildman–Crippen MR) is 119 cm³/mol. The first kappa shape index (κ1) is 22.4. The molecule has 2 N–H and O–H groups in total. The van der Waals surface area contributed by atoms with Crippen LogP contribution in [0.25, 0.3) is 0 Å². The molecule has 3 saturated heterocycles. The molecule has 164 valence electrons. The number of rotatable bonds is 9. The van der Waals surface area contributed by atoms with Crippen LogP contribution in [0.2, 0.25) is 0 Å². The third-order valence-corrected chi connectivity index (χ3v) is 8.10. The number of hydrogen-bond acceptors (Lipinski definition) is 6. The summed E-state index contributed by atoms with van der Waals surface area (Å²) in [6.45, 7) is 11.6. The fraction of sp³-hybridized carbons (Fsp3) is 0.727. The average molecular weight is 424 g/mol. The molecular formula is C22H37N3O3S. The molecule has 0 aliphatic carbocycles. The van der Waals surface area contributed by atoms with Crippen molar-refractivity contribution in [2.24, 2.45) is 17.1 Å². The standard InChI is InChI=1S/C22H37N3O3S/c1-4-28-20-8-6-19(7-9-20)25-16-18-14-22(2,3)21(25)17-24(15-18)11-5-12-29(26,27)13-10-23/h6-9,18,21H,4-5,10-17,23H2,1-3H3/t18?,21-/m1/s1. The van der Waals surface area contributed by atoms with E-state index in [0.717, 1.165) is 31.9 Å². The maximum atomic E-state index is 12.0. The Balaban J connectivity index is 1.69. The van der Waals surface area contributed by atoms with E-state index in [4.69, 9.17) is 10.5 Å². The highest BCUT2D eigenvalue weighted by atomic mass is 32.2. The summed E-state index contributed by atoms with van der Waals surface area (Å²) in [5.41, 5.74) is 6.90. The molecule has 3 heterocycles. The van der Waals surface area contributed by atoms with Crippen molar-refractivity contribution in [3.63, 3.8) is 0 Å². The summed E-state index contributed by atoms with van der Waals surface area (Å²) in [4.78, 5) is 5.05. The Bertz CT molecular complexity index is 764. The molecule has 29 heavy (non-hydrogen) atoms. The number of ether oxygens (including phenoxy) is 1. The van der Waals surface area contributed by atoms with E-state index >= 15 is 0 Å². The largest absolute Gasteiger partial charge is 0.494 e. The van der Waals surface area contributed by atoms with Crippen molar-refractivity contribution < 1.29 is 13.2 Å². The van der Waals surface area contributed by atoms with Gasteiger partial charge in [-0.05, 0) is 61.9 Å². The average Bonchev–Trinajstić information content (AvgIpc) is 2.88. The Labute approximate surface area is 176 Å². The van der Waals surface area contributed by atoms with Crippen molar-refractivity contribution in [2.75, 3.05) is 55.7 Å². The van der Waals surface area contributed by atoms with Gasteiger partial charge in [-0.2, -0.15) is 0 Å².